The fraction of sp³-hybridized carbons (Fsp3) is 0.636. The van der Waals surface area contributed by atoms with Gasteiger partial charge in [0, 0.05) is 11.6 Å². The molecule has 2 unspecified atom stereocenters. The molecule has 3 N–H and O–H groups in total. The van der Waals surface area contributed by atoms with Gasteiger partial charge in [0.2, 0.25) is 5.91 Å². The average Bonchev–Trinajstić information content (AvgIpc) is 2.80. The molecule has 3 atom stereocenters. The maximum Gasteiger partial charge on any atom is 0.237 e. The molecular formula is C11H19N3OS. The van der Waals surface area contributed by atoms with Gasteiger partial charge >= 0.3 is 0 Å². The van der Waals surface area contributed by atoms with E-state index in [0.717, 1.165) is 11.4 Å². The first-order valence-electron chi connectivity index (χ1n) is 5.51. The largest absolute Gasteiger partial charge is 0.346 e. The number of hydrogen-bond donors (Lipinski definition) is 2. The summed E-state index contributed by atoms with van der Waals surface area (Å²) >= 11 is 1.53. The predicted octanol–water partition coefficient (Wildman–Crippen LogP) is 1.69. The van der Waals surface area contributed by atoms with Crippen LogP contribution in [0.1, 0.15) is 38.2 Å². The van der Waals surface area contributed by atoms with Crippen molar-refractivity contribution in [2.45, 2.75) is 39.3 Å². The monoisotopic (exact) mass is 241 g/mol. The van der Waals surface area contributed by atoms with Gasteiger partial charge in [-0.2, -0.15) is 0 Å². The Balaban J connectivity index is 2.51. The molecule has 1 aromatic rings. The summed E-state index contributed by atoms with van der Waals surface area (Å²) in [6, 6.07) is -0.505. The molecule has 0 spiro atoms. The van der Waals surface area contributed by atoms with Gasteiger partial charge in [-0.25, -0.2) is 4.98 Å². The number of thiazole rings is 1. The molecule has 1 rings (SSSR count). The summed E-state index contributed by atoms with van der Waals surface area (Å²) in [6.45, 7) is 5.93. The Morgan fingerprint density at radius 2 is 2.31 bits per heavy atom. The van der Waals surface area contributed by atoms with Gasteiger partial charge in [0.1, 0.15) is 5.01 Å². The highest BCUT2D eigenvalue weighted by Crippen LogP contribution is 2.15. The lowest BCUT2D eigenvalue weighted by molar-refractivity contribution is -0.124. The van der Waals surface area contributed by atoms with Crippen LogP contribution in [0, 0.1) is 5.92 Å². The molecule has 90 valence electrons. The van der Waals surface area contributed by atoms with E-state index < -0.39 is 6.04 Å². The van der Waals surface area contributed by atoms with Crippen LogP contribution in [0.4, 0.5) is 0 Å². The number of rotatable bonds is 5. The zero-order valence-corrected chi connectivity index (χ0v) is 10.8. The van der Waals surface area contributed by atoms with Gasteiger partial charge < -0.3 is 11.1 Å². The van der Waals surface area contributed by atoms with E-state index in [-0.39, 0.29) is 17.9 Å². The van der Waals surface area contributed by atoms with Crippen LogP contribution >= 0.6 is 11.3 Å². The Labute approximate surface area is 100 Å². The minimum absolute atomic E-state index is 0.0670. The topological polar surface area (TPSA) is 68.0 Å². The lowest BCUT2D eigenvalue weighted by Crippen LogP contribution is -2.45. The fourth-order valence-electron chi connectivity index (χ4n) is 1.33. The summed E-state index contributed by atoms with van der Waals surface area (Å²) in [6.07, 6.45) is 2.64. The normalized spacial score (nSPS) is 16.5. The fourth-order valence-corrected chi connectivity index (χ4v) is 1.98. The molecule has 0 aromatic carbocycles. The minimum atomic E-state index is -0.438. The first-order chi connectivity index (χ1) is 7.56. The van der Waals surface area contributed by atoms with Crippen molar-refractivity contribution in [1.29, 1.82) is 0 Å². The minimum Gasteiger partial charge on any atom is -0.346 e. The van der Waals surface area contributed by atoms with Crippen LogP contribution in [-0.2, 0) is 4.79 Å². The van der Waals surface area contributed by atoms with E-state index in [1.807, 2.05) is 26.2 Å². The lowest BCUT2D eigenvalue weighted by atomic mass is 9.99. The lowest BCUT2D eigenvalue weighted by Gasteiger charge is -2.20. The van der Waals surface area contributed by atoms with Crippen LogP contribution in [0.15, 0.2) is 11.6 Å². The van der Waals surface area contributed by atoms with E-state index >= 15 is 0 Å². The van der Waals surface area contributed by atoms with E-state index in [1.165, 1.54) is 11.3 Å². The van der Waals surface area contributed by atoms with E-state index in [4.69, 9.17) is 5.73 Å². The molecule has 0 bridgehead atoms. The number of nitrogens with two attached hydrogens (primary N) is 1. The highest BCUT2D eigenvalue weighted by molar-refractivity contribution is 7.09. The molecule has 1 aromatic heterocycles. The van der Waals surface area contributed by atoms with Crippen molar-refractivity contribution in [3.8, 4) is 0 Å². The Morgan fingerprint density at radius 1 is 1.62 bits per heavy atom. The Bertz CT molecular complexity index is 326. The smallest absolute Gasteiger partial charge is 0.237 e. The summed E-state index contributed by atoms with van der Waals surface area (Å²) < 4.78 is 0. The third-order valence-corrected chi connectivity index (χ3v) is 3.70. The third kappa shape index (κ3) is 3.28. The van der Waals surface area contributed by atoms with Crippen molar-refractivity contribution in [3.05, 3.63) is 16.6 Å². The van der Waals surface area contributed by atoms with Gasteiger partial charge in [-0.3, -0.25) is 4.79 Å². The van der Waals surface area contributed by atoms with Crippen LogP contribution in [0.2, 0.25) is 0 Å². The quantitative estimate of drug-likeness (QED) is 0.824. The SMILES string of the molecule is CCC(C)[C@H](N)C(=O)NC(C)c1nccs1. The van der Waals surface area contributed by atoms with E-state index in [0.29, 0.717) is 0 Å². The second-order valence-electron chi connectivity index (χ2n) is 4.01. The van der Waals surface area contributed by atoms with E-state index in [1.54, 1.807) is 6.20 Å². The molecule has 5 heteroatoms. The number of hydrogen-bond acceptors (Lipinski definition) is 4. The summed E-state index contributed by atoms with van der Waals surface area (Å²) in [5.74, 6) is 0.0977. The third-order valence-electron chi connectivity index (χ3n) is 2.74. The number of carbonyl (C=O) groups is 1. The van der Waals surface area contributed by atoms with Crippen molar-refractivity contribution in [1.82, 2.24) is 10.3 Å². The summed E-state index contributed by atoms with van der Waals surface area (Å²) in [5.41, 5.74) is 5.84. The first kappa shape index (κ1) is 13.1. The van der Waals surface area contributed by atoms with Crippen LogP contribution in [0.5, 0.6) is 0 Å². The summed E-state index contributed by atoms with van der Waals surface area (Å²) in [7, 11) is 0. The maximum absolute atomic E-state index is 11.8. The van der Waals surface area contributed by atoms with Crippen molar-refractivity contribution < 1.29 is 4.79 Å². The molecular weight excluding hydrogens is 222 g/mol. The van der Waals surface area contributed by atoms with E-state index in [2.05, 4.69) is 10.3 Å². The molecule has 1 heterocycles. The van der Waals surface area contributed by atoms with Crippen LogP contribution < -0.4 is 11.1 Å². The highest BCUT2D eigenvalue weighted by Gasteiger charge is 2.21. The average molecular weight is 241 g/mol. The van der Waals surface area contributed by atoms with Crippen LogP contribution in [-0.4, -0.2) is 16.9 Å². The first-order valence-corrected chi connectivity index (χ1v) is 6.39. The van der Waals surface area contributed by atoms with Gasteiger partial charge in [0.05, 0.1) is 12.1 Å². The van der Waals surface area contributed by atoms with Crippen molar-refractivity contribution in [2.24, 2.45) is 11.7 Å². The van der Waals surface area contributed by atoms with Crippen molar-refractivity contribution >= 4 is 17.2 Å². The summed E-state index contributed by atoms with van der Waals surface area (Å²) in [5, 5.41) is 5.68. The van der Waals surface area contributed by atoms with Gasteiger partial charge in [0.25, 0.3) is 0 Å². The van der Waals surface area contributed by atoms with E-state index in [9.17, 15) is 4.79 Å². The molecule has 0 aliphatic heterocycles. The number of nitrogens with one attached hydrogen (secondary N) is 1. The van der Waals surface area contributed by atoms with Gasteiger partial charge in [-0.1, -0.05) is 20.3 Å². The molecule has 0 saturated carbocycles. The van der Waals surface area contributed by atoms with Gasteiger partial charge in [0.15, 0.2) is 0 Å². The standard InChI is InChI=1S/C11H19N3OS/c1-4-7(2)9(12)10(15)14-8(3)11-13-5-6-16-11/h5-9H,4,12H2,1-3H3,(H,14,15)/t7?,8?,9-/m0/s1. The maximum atomic E-state index is 11.8. The molecule has 1 amide bonds. The number of amides is 1. The highest BCUT2D eigenvalue weighted by atomic mass is 32.1. The van der Waals surface area contributed by atoms with Gasteiger partial charge in [-0.05, 0) is 12.8 Å². The molecule has 4 nitrogen and oxygen atoms in total. The Kier molecular flexibility index (Phi) is 4.89. The second kappa shape index (κ2) is 5.96. The molecule has 0 fully saturated rings. The zero-order chi connectivity index (χ0) is 12.1. The second-order valence-corrected chi connectivity index (χ2v) is 4.94. The zero-order valence-electron chi connectivity index (χ0n) is 9.93. The Morgan fingerprint density at radius 3 is 2.81 bits per heavy atom. The number of aromatic nitrogens is 1. The number of nitrogens with zero attached hydrogens (tertiary/aromatic N) is 1. The summed E-state index contributed by atoms with van der Waals surface area (Å²) in [4.78, 5) is 15.9. The number of carbonyl (C=O) groups excluding carboxylic acids is 1. The van der Waals surface area contributed by atoms with Crippen molar-refractivity contribution in [3.63, 3.8) is 0 Å². The van der Waals surface area contributed by atoms with Crippen LogP contribution in [0.25, 0.3) is 0 Å². The molecule has 16 heavy (non-hydrogen) atoms. The predicted molar refractivity (Wildman–Crippen MR) is 66.1 cm³/mol. The molecule has 0 saturated heterocycles. The van der Waals surface area contributed by atoms with Gasteiger partial charge in [-0.15, -0.1) is 11.3 Å². The van der Waals surface area contributed by atoms with Crippen molar-refractivity contribution in [2.75, 3.05) is 0 Å². The molecule has 0 aliphatic rings. The van der Waals surface area contributed by atoms with Crippen LogP contribution in [0.3, 0.4) is 0 Å². The molecule has 0 radical (unpaired) electrons. The molecule has 0 aliphatic carbocycles. The Hall–Kier alpha value is -0.940.